The van der Waals surface area contributed by atoms with Crippen molar-refractivity contribution in [3.8, 4) is 5.75 Å². The minimum absolute atomic E-state index is 0.0710. The monoisotopic (exact) mass is 399 g/mol. The number of hydrogen-bond acceptors (Lipinski definition) is 6. The number of carbonyl (C=O) groups excluding carboxylic acids is 1. The van der Waals surface area contributed by atoms with Crippen molar-refractivity contribution in [3.05, 3.63) is 36.5 Å². The third-order valence-electron chi connectivity index (χ3n) is 5.70. The van der Waals surface area contributed by atoms with Crippen LogP contribution in [0, 0.1) is 11.7 Å². The lowest BCUT2D eigenvalue weighted by Crippen LogP contribution is -2.39. The van der Waals surface area contributed by atoms with Crippen LogP contribution in [0.1, 0.15) is 25.7 Å². The smallest absolute Gasteiger partial charge is 0.227 e. The van der Waals surface area contributed by atoms with Crippen molar-refractivity contribution in [2.75, 3.05) is 48.4 Å². The van der Waals surface area contributed by atoms with Crippen molar-refractivity contribution in [2.45, 2.75) is 25.7 Å². The van der Waals surface area contributed by atoms with Gasteiger partial charge in [-0.3, -0.25) is 4.79 Å². The fourth-order valence-corrected chi connectivity index (χ4v) is 4.08. The first-order chi connectivity index (χ1) is 14.2. The van der Waals surface area contributed by atoms with E-state index in [0.29, 0.717) is 5.69 Å². The van der Waals surface area contributed by atoms with E-state index in [1.165, 1.54) is 32.1 Å². The highest BCUT2D eigenvalue weighted by Gasteiger charge is 2.28. The zero-order valence-corrected chi connectivity index (χ0v) is 16.6. The molecule has 2 aromatic rings. The summed E-state index contributed by atoms with van der Waals surface area (Å²) in [5, 5.41) is 2.83. The van der Waals surface area contributed by atoms with Crippen molar-refractivity contribution in [1.82, 2.24) is 9.97 Å². The fraction of sp³-hybridized carbons (Fsp3) is 0.476. The van der Waals surface area contributed by atoms with Gasteiger partial charge in [-0.1, -0.05) is 0 Å². The number of aromatic nitrogens is 2. The third kappa shape index (κ3) is 4.26. The minimum Gasteiger partial charge on any atom is -0.494 e. The van der Waals surface area contributed by atoms with Gasteiger partial charge in [0.05, 0.1) is 19.0 Å². The minimum atomic E-state index is -0.487. The Labute approximate surface area is 169 Å². The molecule has 0 aliphatic carbocycles. The molecule has 1 aromatic heterocycles. The molecular weight excluding hydrogens is 373 g/mol. The molecule has 2 aliphatic rings. The van der Waals surface area contributed by atoms with Gasteiger partial charge in [0.15, 0.2) is 17.4 Å². The Balaban J connectivity index is 1.37. The summed E-state index contributed by atoms with van der Waals surface area (Å²) in [5.41, 5.74) is 1.49. The van der Waals surface area contributed by atoms with Gasteiger partial charge in [0.2, 0.25) is 5.91 Å². The third-order valence-corrected chi connectivity index (χ3v) is 5.70. The van der Waals surface area contributed by atoms with Crippen LogP contribution in [0.15, 0.2) is 30.7 Å². The maximum absolute atomic E-state index is 13.8. The van der Waals surface area contributed by atoms with Crippen LogP contribution < -0.4 is 19.9 Å². The van der Waals surface area contributed by atoms with E-state index in [1.54, 1.807) is 12.4 Å². The normalized spacial score (nSPS) is 17.4. The van der Waals surface area contributed by atoms with Crippen LogP contribution >= 0.6 is 0 Å². The largest absolute Gasteiger partial charge is 0.494 e. The number of halogens is 1. The molecule has 1 N–H and O–H groups in total. The molecular formula is C21H26FN5O2. The van der Waals surface area contributed by atoms with Gasteiger partial charge in [-0.15, -0.1) is 0 Å². The molecule has 0 saturated carbocycles. The molecule has 0 radical (unpaired) electrons. The SMILES string of the molecule is COc1ccc(NC(=O)C2CCN(c3cncnc3N3CCCC3)CC2)cc1F. The predicted molar refractivity (Wildman–Crippen MR) is 110 cm³/mol. The van der Waals surface area contributed by atoms with Crippen molar-refractivity contribution >= 4 is 23.1 Å². The fourth-order valence-electron chi connectivity index (χ4n) is 4.08. The highest BCUT2D eigenvalue weighted by Crippen LogP contribution is 2.32. The van der Waals surface area contributed by atoms with Gasteiger partial charge in [0.25, 0.3) is 0 Å². The molecule has 2 aliphatic heterocycles. The molecule has 0 bridgehead atoms. The van der Waals surface area contributed by atoms with Crippen LogP contribution in [-0.2, 0) is 4.79 Å². The summed E-state index contributed by atoms with van der Waals surface area (Å²) in [5.74, 6) is 0.498. The average Bonchev–Trinajstić information content (AvgIpc) is 3.29. The van der Waals surface area contributed by atoms with Crippen LogP contribution in [0.2, 0.25) is 0 Å². The van der Waals surface area contributed by atoms with Crippen molar-refractivity contribution in [1.29, 1.82) is 0 Å². The summed E-state index contributed by atoms with van der Waals surface area (Å²) in [6.45, 7) is 3.59. The molecule has 4 rings (SSSR count). The van der Waals surface area contributed by atoms with E-state index < -0.39 is 5.82 Å². The number of carbonyl (C=O) groups is 1. The van der Waals surface area contributed by atoms with Crippen molar-refractivity contribution in [3.63, 3.8) is 0 Å². The molecule has 2 fully saturated rings. The van der Waals surface area contributed by atoms with Gasteiger partial charge in [0.1, 0.15) is 6.33 Å². The number of piperidine rings is 1. The zero-order valence-electron chi connectivity index (χ0n) is 16.6. The van der Waals surface area contributed by atoms with E-state index in [2.05, 4.69) is 25.1 Å². The lowest BCUT2D eigenvalue weighted by atomic mass is 9.95. The van der Waals surface area contributed by atoms with E-state index in [-0.39, 0.29) is 17.6 Å². The predicted octanol–water partition coefficient (Wildman–Crippen LogP) is 3.08. The van der Waals surface area contributed by atoms with Crippen LogP contribution in [0.5, 0.6) is 5.75 Å². The maximum Gasteiger partial charge on any atom is 0.227 e. The number of ether oxygens (including phenoxy) is 1. The number of anilines is 3. The van der Waals surface area contributed by atoms with Gasteiger partial charge in [0, 0.05) is 43.9 Å². The quantitative estimate of drug-likeness (QED) is 0.833. The number of nitrogens with one attached hydrogen (secondary N) is 1. The molecule has 0 spiro atoms. The number of hydrogen-bond donors (Lipinski definition) is 1. The Hall–Kier alpha value is -2.90. The van der Waals surface area contributed by atoms with Gasteiger partial charge >= 0.3 is 0 Å². The zero-order chi connectivity index (χ0) is 20.2. The van der Waals surface area contributed by atoms with Crippen LogP contribution in [-0.4, -0.2) is 49.2 Å². The van der Waals surface area contributed by atoms with E-state index in [4.69, 9.17) is 4.74 Å². The van der Waals surface area contributed by atoms with Crippen LogP contribution in [0.4, 0.5) is 21.6 Å². The number of benzene rings is 1. The topological polar surface area (TPSA) is 70.6 Å². The number of rotatable bonds is 5. The molecule has 7 nitrogen and oxygen atoms in total. The van der Waals surface area contributed by atoms with Gasteiger partial charge in [-0.25, -0.2) is 14.4 Å². The number of methoxy groups -OCH3 is 1. The molecule has 0 unspecified atom stereocenters. The lowest BCUT2D eigenvalue weighted by molar-refractivity contribution is -0.120. The molecule has 8 heteroatoms. The Bertz CT molecular complexity index is 864. The van der Waals surface area contributed by atoms with Gasteiger partial charge < -0.3 is 19.9 Å². The second kappa shape index (κ2) is 8.63. The standard InChI is InChI=1S/C21H26FN5O2/c1-29-19-5-4-16(12-17(19)22)25-21(28)15-6-10-26(11-7-15)18-13-23-14-24-20(18)27-8-2-3-9-27/h4-5,12-15H,2-3,6-11H2,1H3,(H,25,28). The van der Waals surface area contributed by atoms with E-state index in [9.17, 15) is 9.18 Å². The second-order valence-electron chi connectivity index (χ2n) is 7.53. The number of amides is 1. The highest BCUT2D eigenvalue weighted by molar-refractivity contribution is 5.92. The molecule has 1 aromatic carbocycles. The maximum atomic E-state index is 13.8. The summed E-state index contributed by atoms with van der Waals surface area (Å²) in [6, 6.07) is 4.46. The summed E-state index contributed by atoms with van der Waals surface area (Å²) in [4.78, 5) is 26.0. The Morgan fingerprint density at radius 1 is 1.17 bits per heavy atom. The Kier molecular flexibility index (Phi) is 5.78. The lowest BCUT2D eigenvalue weighted by Gasteiger charge is -2.34. The summed E-state index contributed by atoms with van der Waals surface area (Å²) < 4.78 is 18.8. The number of nitrogens with zero attached hydrogens (tertiary/aromatic N) is 4. The van der Waals surface area contributed by atoms with E-state index in [0.717, 1.165) is 50.5 Å². The van der Waals surface area contributed by atoms with Crippen molar-refractivity contribution < 1.29 is 13.9 Å². The average molecular weight is 399 g/mol. The molecule has 2 saturated heterocycles. The summed E-state index contributed by atoms with van der Waals surface area (Å²) in [6.07, 6.45) is 7.33. The summed E-state index contributed by atoms with van der Waals surface area (Å²) in [7, 11) is 1.41. The van der Waals surface area contributed by atoms with Crippen LogP contribution in [0.3, 0.4) is 0 Å². The first-order valence-electron chi connectivity index (χ1n) is 10.1. The second-order valence-corrected chi connectivity index (χ2v) is 7.53. The Morgan fingerprint density at radius 3 is 2.62 bits per heavy atom. The van der Waals surface area contributed by atoms with E-state index >= 15 is 0 Å². The van der Waals surface area contributed by atoms with E-state index in [1.807, 2.05) is 6.20 Å². The molecule has 154 valence electrons. The van der Waals surface area contributed by atoms with Crippen molar-refractivity contribution in [2.24, 2.45) is 5.92 Å². The Morgan fingerprint density at radius 2 is 1.93 bits per heavy atom. The molecule has 0 atom stereocenters. The highest BCUT2D eigenvalue weighted by atomic mass is 19.1. The molecule has 1 amide bonds. The van der Waals surface area contributed by atoms with Gasteiger partial charge in [-0.2, -0.15) is 0 Å². The molecule has 29 heavy (non-hydrogen) atoms. The van der Waals surface area contributed by atoms with Gasteiger partial charge in [-0.05, 0) is 37.8 Å². The summed E-state index contributed by atoms with van der Waals surface area (Å²) >= 11 is 0. The van der Waals surface area contributed by atoms with Crippen LogP contribution in [0.25, 0.3) is 0 Å². The first-order valence-corrected chi connectivity index (χ1v) is 10.1. The first kappa shape index (κ1) is 19.4. The molecule has 3 heterocycles.